The minimum absolute atomic E-state index is 0.601. The minimum atomic E-state index is 0.601. The van der Waals surface area contributed by atoms with E-state index in [1.807, 2.05) is 66.7 Å². The lowest BCUT2D eigenvalue weighted by molar-refractivity contribution is 0.669. The van der Waals surface area contributed by atoms with Crippen LogP contribution in [-0.2, 0) is 0 Å². The number of hydrogen-bond acceptors (Lipinski definition) is 4. The maximum Gasteiger partial charge on any atom is 0.164 e. The van der Waals surface area contributed by atoms with Gasteiger partial charge in [0.15, 0.2) is 17.5 Å². The number of aromatic nitrogens is 3. The van der Waals surface area contributed by atoms with Crippen molar-refractivity contribution >= 4 is 21.9 Å². The summed E-state index contributed by atoms with van der Waals surface area (Å²) < 4.78 is 6.41. The van der Waals surface area contributed by atoms with Crippen molar-refractivity contribution in [3.63, 3.8) is 0 Å². The van der Waals surface area contributed by atoms with E-state index in [0.29, 0.717) is 17.5 Å². The maximum absolute atomic E-state index is 6.41. The van der Waals surface area contributed by atoms with Gasteiger partial charge in [-0.15, -0.1) is 0 Å². The van der Waals surface area contributed by atoms with Crippen LogP contribution in [0.1, 0.15) is 0 Å². The Morgan fingerprint density at radius 1 is 0.265 bits per heavy atom. The predicted molar refractivity (Wildman–Crippen MR) is 200 cm³/mol. The fraction of sp³-hybridized carbons (Fsp3) is 0. The van der Waals surface area contributed by atoms with Crippen molar-refractivity contribution in [2.45, 2.75) is 0 Å². The van der Waals surface area contributed by atoms with Gasteiger partial charge in [0, 0.05) is 27.5 Å². The van der Waals surface area contributed by atoms with E-state index in [-0.39, 0.29) is 0 Å². The summed E-state index contributed by atoms with van der Waals surface area (Å²) >= 11 is 0. The highest BCUT2D eigenvalue weighted by molar-refractivity contribution is 6.07. The molecule has 0 saturated heterocycles. The van der Waals surface area contributed by atoms with Crippen molar-refractivity contribution in [3.05, 3.63) is 176 Å². The first-order valence-corrected chi connectivity index (χ1v) is 16.4. The normalized spacial score (nSPS) is 11.3. The summed E-state index contributed by atoms with van der Waals surface area (Å²) in [6, 6.07) is 60.7. The Morgan fingerprint density at radius 2 is 0.694 bits per heavy atom. The molecule has 9 rings (SSSR count). The molecule has 0 saturated carbocycles. The van der Waals surface area contributed by atoms with E-state index in [0.717, 1.165) is 49.8 Å². The first kappa shape index (κ1) is 28.6. The molecular weight excluding hydrogens is 599 g/mol. The largest absolute Gasteiger partial charge is 0.456 e. The van der Waals surface area contributed by atoms with Crippen LogP contribution < -0.4 is 0 Å². The van der Waals surface area contributed by atoms with Crippen LogP contribution in [0.3, 0.4) is 0 Å². The van der Waals surface area contributed by atoms with Crippen molar-refractivity contribution in [1.29, 1.82) is 0 Å². The second-order valence-corrected chi connectivity index (χ2v) is 12.1. The summed E-state index contributed by atoms with van der Waals surface area (Å²) in [7, 11) is 0. The highest BCUT2D eigenvalue weighted by Crippen LogP contribution is 2.36. The van der Waals surface area contributed by atoms with Gasteiger partial charge in [-0.05, 0) is 69.8 Å². The van der Waals surface area contributed by atoms with Crippen LogP contribution in [0.15, 0.2) is 180 Å². The minimum Gasteiger partial charge on any atom is -0.456 e. The van der Waals surface area contributed by atoms with Crippen LogP contribution in [0.4, 0.5) is 0 Å². The highest BCUT2D eigenvalue weighted by atomic mass is 16.3. The third-order valence-corrected chi connectivity index (χ3v) is 8.93. The summed E-state index contributed by atoms with van der Waals surface area (Å²) in [4.78, 5) is 14.6. The lowest BCUT2D eigenvalue weighted by Gasteiger charge is -2.09. The molecule has 230 valence electrons. The molecule has 0 aliphatic heterocycles. The fourth-order valence-corrected chi connectivity index (χ4v) is 6.42. The van der Waals surface area contributed by atoms with Crippen molar-refractivity contribution in [3.8, 4) is 67.5 Å². The van der Waals surface area contributed by atoms with Crippen molar-refractivity contribution in [2.75, 3.05) is 0 Å². The van der Waals surface area contributed by atoms with Gasteiger partial charge in [0.25, 0.3) is 0 Å². The van der Waals surface area contributed by atoms with Gasteiger partial charge < -0.3 is 4.42 Å². The standard InChI is InChI=1S/C45H29N3O/c1-4-12-30(13-5-1)33-18-10-19-34(26-33)35-20-11-21-36(27-35)37-23-25-41-40(28-37)39-24-22-38(29-42(39)49-41)45-47-43(31-14-6-2-7-15-31)46-44(48-45)32-16-8-3-9-17-32/h1-29H. The second-order valence-electron chi connectivity index (χ2n) is 12.1. The number of hydrogen-bond donors (Lipinski definition) is 0. The molecule has 2 aromatic heterocycles. The molecule has 2 heterocycles. The van der Waals surface area contributed by atoms with Crippen molar-refractivity contribution < 1.29 is 4.42 Å². The third-order valence-electron chi connectivity index (χ3n) is 8.93. The Balaban J connectivity index is 1.09. The van der Waals surface area contributed by atoms with Gasteiger partial charge in [0.05, 0.1) is 0 Å². The molecular formula is C45H29N3O. The lowest BCUT2D eigenvalue weighted by Crippen LogP contribution is -2.00. The monoisotopic (exact) mass is 627 g/mol. The molecule has 7 aromatic carbocycles. The number of benzene rings is 7. The average molecular weight is 628 g/mol. The molecule has 0 aliphatic carbocycles. The molecule has 0 unspecified atom stereocenters. The Hall–Kier alpha value is -6.65. The van der Waals surface area contributed by atoms with E-state index >= 15 is 0 Å². The molecule has 49 heavy (non-hydrogen) atoms. The van der Waals surface area contributed by atoms with Gasteiger partial charge in [-0.2, -0.15) is 0 Å². The molecule has 0 fully saturated rings. The van der Waals surface area contributed by atoms with Crippen molar-refractivity contribution in [2.24, 2.45) is 0 Å². The molecule has 9 aromatic rings. The molecule has 4 heteroatoms. The number of rotatable bonds is 6. The van der Waals surface area contributed by atoms with Crippen LogP contribution in [0.2, 0.25) is 0 Å². The second kappa shape index (κ2) is 12.2. The fourth-order valence-electron chi connectivity index (χ4n) is 6.42. The Labute approximate surface area is 284 Å². The van der Waals surface area contributed by atoms with Crippen LogP contribution >= 0.6 is 0 Å². The quantitative estimate of drug-likeness (QED) is 0.184. The summed E-state index contributed by atoms with van der Waals surface area (Å²) in [5.74, 6) is 1.87. The SMILES string of the molecule is c1ccc(-c2cccc(-c3cccc(-c4ccc5oc6cc(-c7nc(-c8ccccc8)nc(-c8ccccc8)n7)ccc6c5c4)c3)c2)cc1. The maximum atomic E-state index is 6.41. The number of nitrogens with zero attached hydrogens (tertiary/aromatic N) is 3. The molecule has 0 aliphatic rings. The molecule has 0 bridgehead atoms. The number of fused-ring (bicyclic) bond motifs is 3. The Bertz CT molecular complexity index is 2540. The zero-order chi connectivity index (χ0) is 32.6. The van der Waals surface area contributed by atoms with Gasteiger partial charge >= 0.3 is 0 Å². The van der Waals surface area contributed by atoms with Gasteiger partial charge in [0.1, 0.15) is 11.2 Å². The first-order valence-electron chi connectivity index (χ1n) is 16.4. The smallest absolute Gasteiger partial charge is 0.164 e. The van der Waals surface area contributed by atoms with Crippen LogP contribution in [0, 0.1) is 0 Å². The van der Waals surface area contributed by atoms with E-state index < -0.39 is 0 Å². The Kier molecular flexibility index (Phi) is 7.10. The van der Waals surface area contributed by atoms with E-state index in [4.69, 9.17) is 19.4 Å². The third kappa shape index (κ3) is 5.56. The van der Waals surface area contributed by atoms with Gasteiger partial charge in [-0.25, -0.2) is 15.0 Å². The average Bonchev–Trinajstić information content (AvgIpc) is 3.56. The summed E-state index contributed by atoms with van der Waals surface area (Å²) in [6.45, 7) is 0. The van der Waals surface area contributed by atoms with E-state index in [2.05, 4.69) is 109 Å². The molecule has 0 atom stereocenters. The Morgan fingerprint density at radius 3 is 1.24 bits per heavy atom. The van der Waals surface area contributed by atoms with E-state index in [1.54, 1.807) is 0 Å². The van der Waals surface area contributed by atoms with Crippen LogP contribution in [0.5, 0.6) is 0 Å². The van der Waals surface area contributed by atoms with Crippen molar-refractivity contribution in [1.82, 2.24) is 15.0 Å². The molecule has 4 nitrogen and oxygen atoms in total. The number of furan rings is 1. The molecule has 0 amide bonds. The van der Waals surface area contributed by atoms with E-state index in [1.165, 1.54) is 22.3 Å². The summed E-state index contributed by atoms with van der Waals surface area (Å²) in [5, 5.41) is 2.12. The summed E-state index contributed by atoms with van der Waals surface area (Å²) in [6.07, 6.45) is 0. The zero-order valence-electron chi connectivity index (χ0n) is 26.5. The van der Waals surface area contributed by atoms with Gasteiger partial charge in [-0.1, -0.05) is 140 Å². The van der Waals surface area contributed by atoms with Gasteiger partial charge in [-0.3, -0.25) is 0 Å². The molecule has 0 N–H and O–H groups in total. The first-order chi connectivity index (χ1) is 24.2. The molecule has 0 spiro atoms. The van der Waals surface area contributed by atoms with E-state index in [9.17, 15) is 0 Å². The predicted octanol–water partition coefficient (Wildman–Crippen LogP) is 11.8. The molecule has 0 radical (unpaired) electrons. The van der Waals surface area contributed by atoms with Gasteiger partial charge in [0.2, 0.25) is 0 Å². The summed E-state index contributed by atoms with van der Waals surface area (Å²) in [5.41, 5.74) is 11.5. The lowest BCUT2D eigenvalue weighted by atomic mass is 9.96. The van der Waals surface area contributed by atoms with Crippen LogP contribution in [-0.4, -0.2) is 15.0 Å². The van der Waals surface area contributed by atoms with Crippen LogP contribution in [0.25, 0.3) is 89.5 Å². The topological polar surface area (TPSA) is 51.8 Å². The zero-order valence-corrected chi connectivity index (χ0v) is 26.5. The highest BCUT2D eigenvalue weighted by Gasteiger charge is 2.15.